The molecule has 0 radical (unpaired) electrons. The molecule has 0 amide bonds. The molecule has 1 saturated heterocycles. The van der Waals surface area contributed by atoms with E-state index in [1.54, 1.807) is 0 Å². The summed E-state index contributed by atoms with van der Waals surface area (Å²) < 4.78 is 0. The highest BCUT2D eigenvalue weighted by atomic mass is 15.1. The molecule has 2 unspecified atom stereocenters. The van der Waals surface area contributed by atoms with Gasteiger partial charge in [-0.1, -0.05) is 6.92 Å². The topological polar surface area (TPSA) is 18.5 Å². The Labute approximate surface area is 114 Å². The van der Waals surface area contributed by atoms with Crippen LogP contribution in [0.15, 0.2) is 0 Å². The van der Waals surface area contributed by atoms with Crippen LogP contribution in [0.4, 0.5) is 0 Å². The molecule has 0 saturated carbocycles. The van der Waals surface area contributed by atoms with Crippen molar-refractivity contribution in [1.82, 2.24) is 15.1 Å². The Hall–Kier alpha value is -0.120. The van der Waals surface area contributed by atoms with Crippen LogP contribution in [-0.4, -0.2) is 62.2 Å². The summed E-state index contributed by atoms with van der Waals surface area (Å²) in [6, 6.07) is 1.41. The number of piperidine rings is 1. The zero-order valence-electron chi connectivity index (χ0n) is 13.1. The third-order valence-corrected chi connectivity index (χ3v) is 4.48. The van der Waals surface area contributed by atoms with Crippen LogP contribution in [0.3, 0.4) is 0 Å². The molecule has 1 fully saturated rings. The van der Waals surface area contributed by atoms with Crippen molar-refractivity contribution in [2.45, 2.75) is 52.1 Å². The number of nitrogens with zero attached hydrogens (tertiary/aromatic N) is 2. The Balaban J connectivity index is 2.10. The smallest absolute Gasteiger partial charge is 0.0114 e. The molecule has 2 atom stereocenters. The Bertz CT molecular complexity index is 218. The lowest BCUT2D eigenvalue weighted by Gasteiger charge is -2.36. The monoisotopic (exact) mass is 255 g/mol. The normalized spacial score (nSPS) is 26.2. The number of likely N-dealkylation sites (tertiary alicyclic amines) is 1. The molecule has 1 N–H and O–H groups in total. The summed E-state index contributed by atoms with van der Waals surface area (Å²) >= 11 is 0. The van der Waals surface area contributed by atoms with E-state index in [1.807, 2.05) is 0 Å². The van der Waals surface area contributed by atoms with Crippen molar-refractivity contribution in [2.75, 3.05) is 40.3 Å². The van der Waals surface area contributed by atoms with Crippen molar-refractivity contribution in [3.8, 4) is 0 Å². The molecule has 3 nitrogen and oxygen atoms in total. The van der Waals surface area contributed by atoms with Gasteiger partial charge in [0.25, 0.3) is 0 Å². The first-order chi connectivity index (χ1) is 8.54. The van der Waals surface area contributed by atoms with Crippen molar-refractivity contribution < 1.29 is 0 Å². The highest BCUT2D eigenvalue weighted by Crippen LogP contribution is 2.16. The van der Waals surface area contributed by atoms with Crippen LogP contribution >= 0.6 is 0 Å². The fourth-order valence-electron chi connectivity index (χ4n) is 2.82. The second kappa shape index (κ2) is 8.13. The second-order valence-corrected chi connectivity index (χ2v) is 6.24. The van der Waals surface area contributed by atoms with Gasteiger partial charge in [-0.15, -0.1) is 0 Å². The number of rotatable bonds is 7. The average molecular weight is 255 g/mol. The summed E-state index contributed by atoms with van der Waals surface area (Å²) in [5.41, 5.74) is 0. The minimum atomic E-state index is 0.677. The third kappa shape index (κ3) is 5.25. The first-order valence-electron chi connectivity index (χ1n) is 7.64. The Morgan fingerprint density at radius 1 is 1.33 bits per heavy atom. The predicted molar refractivity (Wildman–Crippen MR) is 80.1 cm³/mol. The van der Waals surface area contributed by atoms with Crippen LogP contribution in [0.5, 0.6) is 0 Å². The number of hydrogen-bond donors (Lipinski definition) is 1. The maximum absolute atomic E-state index is 3.44. The molecule has 0 aromatic heterocycles. The summed E-state index contributed by atoms with van der Waals surface area (Å²) in [4.78, 5) is 5.09. The van der Waals surface area contributed by atoms with E-state index in [0.717, 1.165) is 12.0 Å². The van der Waals surface area contributed by atoms with Gasteiger partial charge in [-0.25, -0.2) is 0 Å². The zero-order chi connectivity index (χ0) is 13.5. The van der Waals surface area contributed by atoms with E-state index in [1.165, 1.54) is 45.4 Å². The van der Waals surface area contributed by atoms with Gasteiger partial charge in [0.2, 0.25) is 0 Å². The van der Waals surface area contributed by atoms with Gasteiger partial charge in [0.1, 0.15) is 0 Å². The van der Waals surface area contributed by atoms with Crippen LogP contribution in [-0.2, 0) is 0 Å². The van der Waals surface area contributed by atoms with E-state index in [-0.39, 0.29) is 0 Å². The number of hydrogen-bond acceptors (Lipinski definition) is 3. The van der Waals surface area contributed by atoms with Gasteiger partial charge in [0, 0.05) is 18.6 Å². The molecular formula is C15H33N3. The van der Waals surface area contributed by atoms with Gasteiger partial charge < -0.3 is 15.1 Å². The molecule has 0 aliphatic carbocycles. The summed E-state index contributed by atoms with van der Waals surface area (Å²) in [5, 5.41) is 3.44. The maximum atomic E-state index is 3.44. The van der Waals surface area contributed by atoms with E-state index >= 15 is 0 Å². The van der Waals surface area contributed by atoms with Crippen molar-refractivity contribution in [2.24, 2.45) is 5.92 Å². The summed E-state index contributed by atoms with van der Waals surface area (Å²) in [5.74, 6) is 0.794. The third-order valence-electron chi connectivity index (χ3n) is 4.48. The average Bonchev–Trinajstić information content (AvgIpc) is 2.34. The maximum Gasteiger partial charge on any atom is 0.0114 e. The summed E-state index contributed by atoms with van der Waals surface area (Å²) in [6.45, 7) is 12.0. The first-order valence-corrected chi connectivity index (χ1v) is 7.64. The van der Waals surface area contributed by atoms with Gasteiger partial charge in [-0.3, -0.25) is 0 Å². The van der Waals surface area contributed by atoms with E-state index < -0.39 is 0 Å². The molecule has 1 aliphatic heterocycles. The van der Waals surface area contributed by atoms with Crippen LogP contribution in [0.2, 0.25) is 0 Å². The minimum absolute atomic E-state index is 0.677. The Morgan fingerprint density at radius 2 is 2.06 bits per heavy atom. The van der Waals surface area contributed by atoms with Crippen molar-refractivity contribution in [1.29, 1.82) is 0 Å². The first kappa shape index (κ1) is 15.9. The van der Waals surface area contributed by atoms with Gasteiger partial charge in [-0.2, -0.15) is 0 Å². The number of nitrogens with one attached hydrogen (secondary N) is 1. The molecule has 108 valence electrons. The second-order valence-electron chi connectivity index (χ2n) is 6.24. The lowest BCUT2D eigenvalue weighted by Crippen LogP contribution is -2.47. The molecule has 1 aliphatic rings. The standard InChI is InChI=1S/C15H33N3/c1-13(2)17(5)9-6-7-10-18-11-8-15(16-4)14(3)12-18/h13-16H,6-12H2,1-5H3. The zero-order valence-corrected chi connectivity index (χ0v) is 13.1. The van der Waals surface area contributed by atoms with E-state index in [0.29, 0.717) is 6.04 Å². The predicted octanol–water partition coefficient (Wildman–Crippen LogP) is 2.04. The van der Waals surface area contributed by atoms with E-state index in [4.69, 9.17) is 0 Å². The molecule has 0 bridgehead atoms. The SMILES string of the molecule is CNC1CCN(CCCCN(C)C(C)C)CC1C. The van der Waals surface area contributed by atoms with Crippen LogP contribution in [0.1, 0.15) is 40.0 Å². The molecule has 3 heteroatoms. The summed E-state index contributed by atoms with van der Waals surface area (Å²) in [6.07, 6.45) is 3.98. The van der Waals surface area contributed by atoms with E-state index in [2.05, 4.69) is 50.0 Å². The lowest BCUT2D eigenvalue weighted by molar-refractivity contribution is 0.147. The molecule has 1 heterocycles. The fourth-order valence-corrected chi connectivity index (χ4v) is 2.82. The van der Waals surface area contributed by atoms with Crippen LogP contribution in [0.25, 0.3) is 0 Å². The largest absolute Gasteiger partial charge is 0.317 e. The van der Waals surface area contributed by atoms with Crippen LogP contribution in [0, 0.1) is 5.92 Å². The van der Waals surface area contributed by atoms with Gasteiger partial charge in [0.15, 0.2) is 0 Å². The highest BCUT2D eigenvalue weighted by molar-refractivity contribution is 4.81. The van der Waals surface area contributed by atoms with Gasteiger partial charge in [0.05, 0.1) is 0 Å². The van der Waals surface area contributed by atoms with Gasteiger partial charge >= 0.3 is 0 Å². The minimum Gasteiger partial charge on any atom is -0.317 e. The molecule has 0 spiro atoms. The van der Waals surface area contributed by atoms with Gasteiger partial charge in [-0.05, 0) is 72.8 Å². The molecular weight excluding hydrogens is 222 g/mol. The highest BCUT2D eigenvalue weighted by Gasteiger charge is 2.24. The van der Waals surface area contributed by atoms with Crippen molar-refractivity contribution in [3.05, 3.63) is 0 Å². The molecule has 0 aromatic rings. The van der Waals surface area contributed by atoms with E-state index in [9.17, 15) is 0 Å². The van der Waals surface area contributed by atoms with Crippen molar-refractivity contribution in [3.63, 3.8) is 0 Å². The van der Waals surface area contributed by atoms with Crippen molar-refractivity contribution >= 4 is 0 Å². The molecule has 0 aromatic carbocycles. The van der Waals surface area contributed by atoms with Crippen LogP contribution < -0.4 is 5.32 Å². The number of unbranched alkanes of at least 4 members (excludes halogenated alkanes) is 1. The molecule has 1 rings (SSSR count). The summed E-state index contributed by atoms with van der Waals surface area (Å²) in [7, 11) is 4.32. The quantitative estimate of drug-likeness (QED) is 0.702. The fraction of sp³-hybridized carbons (Fsp3) is 1.00. The Kier molecular flexibility index (Phi) is 7.20. The molecule has 18 heavy (non-hydrogen) atoms. The Morgan fingerprint density at radius 3 is 2.61 bits per heavy atom. The lowest BCUT2D eigenvalue weighted by atomic mass is 9.94.